The Bertz CT molecular complexity index is 1460. The first kappa shape index (κ1) is 33.2. The molecular weight excluding hydrogens is 597 g/mol. The number of benzene rings is 3. The number of carbonyl (C=O) groups excluding carboxylic acids is 2. The van der Waals surface area contributed by atoms with Crippen molar-refractivity contribution >= 4 is 50.7 Å². The molecule has 3 aromatic carbocycles. The lowest BCUT2D eigenvalue weighted by atomic mass is 10.1. The van der Waals surface area contributed by atoms with Gasteiger partial charge >= 0.3 is 0 Å². The molecule has 0 aromatic heterocycles. The number of ether oxygens (including phenoxy) is 1. The molecule has 11 heteroatoms. The minimum Gasteiger partial charge on any atom is -0.497 e. The molecule has 42 heavy (non-hydrogen) atoms. The molecule has 1 N–H and O–H groups in total. The Kier molecular flexibility index (Phi) is 12.1. The molecule has 0 fully saturated rings. The van der Waals surface area contributed by atoms with Crippen LogP contribution in [0.1, 0.15) is 44.2 Å². The van der Waals surface area contributed by atoms with E-state index in [1.54, 1.807) is 61.5 Å². The van der Waals surface area contributed by atoms with E-state index in [0.29, 0.717) is 27.9 Å². The second-order valence-electron chi connectivity index (χ2n) is 9.82. The summed E-state index contributed by atoms with van der Waals surface area (Å²) in [5.41, 5.74) is 1.59. The lowest BCUT2D eigenvalue weighted by Crippen LogP contribution is -2.52. The molecule has 0 radical (unpaired) electrons. The summed E-state index contributed by atoms with van der Waals surface area (Å²) in [7, 11) is -2.73. The van der Waals surface area contributed by atoms with Crippen LogP contribution in [-0.4, -0.2) is 51.4 Å². The van der Waals surface area contributed by atoms with E-state index in [-0.39, 0.29) is 29.5 Å². The van der Waals surface area contributed by atoms with Gasteiger partial charge in [0.2, 0.25) is 11.8 Å². The van der Waals surface area contributed by atoms with Gasteiger partial charge in [0.25, 0.3) is 10.0 Å². The Morgan fingerprint density at radius 2 is 1.62 bits per heavy atom. The molecule has 0 bridgehead atoms. The quantitative estimate of drug-likeness (QED) is 0.212. The van der Waals surface area contributed by atoms with Crippen LogP contribution in [0.3, 0.4) is 0 Å². The van der Waals surface area contributed by atoms with Crippen LogP contribution in [0.5, 0.6) is 5.75 Å². The van der Waals surface area contributed by atoms with Crippen molar-refractivity contribution in [3.8, 4) is 5.75 Å². The summed E-state index contributed by atoms with van der Waals surface area (Å²) in [6.07, 6.45) is 1.96. The fraction of sp³-hybridized carbons (Fsp3) is 0.355. The summed E-state index contributed by atoms with van der Waals surface area (Å²) >= 11 is 12.9. The third kappa shape index (κ3) is 8.18. The summed E-state index contributed by atoms with van der Waals surface area (Å²) in [5, 5.41) is 3.56. The number of methoxy groups -OCH3 is 1. The molecule has 3 rings (SSSR count). The standard InChI is InChI=1S/C31H37Cl2N3O5S/c1-5-7-18-34-31(38)29(6-2)35(20-26-27(32)12-9-13-28(26)33)30(37)21-36(23-10-8-11-24(19-23)41-4)42(39,40)25-16-14-22(3)15-17-25/h8-17,19,29H,5-7,18,20-21H2,1-4H3,(H,34,38). The molecule has 0 aliphatic carbocycles. The van der Waals surface area contributed by atoms with Gasteiger partial charge in [-0.15, -0.1) is 0 Å². The first-order chi connectivity index (χ1) is 20.0. The van der Waals surface area contributed by atoms with Crippen molar-refractivity contribution in [1.82, 2.24) is 10.2 Å². The van der Waals surface area contributed by atoms with E-state index in [4.69, 9.17) is 27.9 Å². The topological polar surface area (TPSA) is 96.0 Å². The zero-order valence-electron chi connectivity index (χ0n) is 24.3. The monoisotopic (exact) mass is 633 g/mol. The lowest BCUT2D eigenvalue weighted by molar-refractivity contribution is -0.140. The Hall–Kier alpha value is -3.27. The number of amides is 2. The fourth-order valence-corrected chi connectivity index (χ4v) is 6.33. The highest BCUT2D eigenvalue weighted by atomic mass is 35.5. The van der Waals surface area contributed by atoms with Crippen molar-refractivity contribution in [2.24, 2.45) is 0 Å². The van der Waals surface area contributed by atoms with E-state index < -0.39 is 28.5 Å². The van der Waals surface area contributed by atoms with E-state index in [0.717, 1.165) is 22.7 Å². The number of hydrogen-bond donors (Lipinski definition) is 1. The molecular formula is C31H37Cl2N3O5S. The van der Waals surface area contributed by atoms with Crippen LogP contribution in [0.4, 0.5) is 5.69 Å². The van der Waals surface area contributed by atoms with Gasteiger partial charge in [-0.1, -0.05) is 73.3 Å². The Morgan fingerprint density at radius 3 is 2.21 bits per heavy atom. The van der Waals surface area contributed by atoms with Gasteiger partial charge in [0.1, 0.15) is 18.3 Å². The maximum absolute atomic E-state index is 14.2. The molecule has 0 spiro atoms. The first-order valence-corrected chi connectivity index (χ1v) is 16.0. The highest BCUT2D eigenvalue weighted by molar-refractivity contribution is 7.92. The van der Waals surface area contributed by atoms with Crippen LogP contribution < -0.4 is 14.4 Å². The lowest BCUT2D eigenvalue weighted by Gasteiger charge is -2.33. The minimum atomic E-state index is -4.21. The van der Waals surface area contributed by atoms with Crippen LogP contribution in [0.15, 0.2) is 71.6 Å². The normalized spacial score (nSPS) is 12.0. The molecule has 226 valence electrons. The number of nitrogens with zero attached hydrogens (tertiary/aromatic N) is 2. The van der Waals surface area contributed by atoms with Crippen molar-refractivity contribution in [3.63, 3.8) is 0 Å². The van der Waals surface area contributed by atoms with Crippen molar-refractivity contribution < 1.29 is 22.7 Å². The Morgan fingerprint density at radius 1 is 0.976 bits per heavy atom. The second kappa shape index (κ2) is 15.3. The summed E-state index contributed by atoms with van der Waals surface area (Å²) < 4.78 is 34.4. The number of carbonyl (C=O) groups is 2. The highest BCUT2D eigenvalue weighted by Crippen LogP contribution is 2.30. The third-order valence-corrected chi connectivity index (χ3v) is 9.33. The number of aryl methyl sites for hydroxylation is 1. The number of halogens is 2. The van der Waals surface area contributed by atoms with Crippen LogP contribution in [0.25, 0.3) is 0 Å². The third-order valence-electron chi connectivity index (χ3n) is 6.83. The number of sulfonamides is 1. The SMILES string of the molecule is CCCCNC(=O)C(CC)N(Cc1c(Cl)cccc1Cl)C(=O)CN(c1cccc(OC)c1)S(=O)(=O)c1ccc(C)cc1. The van der Waals surface area contributed by atoms with Crippen molar-refractivity contribution in [2.45, 2.75) is 57.5 Å². The summed E-state index contributed by atoms with van der Waals surface area (Å²) in [5.74, 6) is -0.510. The molecule has 0 heterocycles. The van der Waals surface area contributed by atoms with Gasteiger partial charge < -0.3 is 15.0 Å². The Labute approximate surface area is 258 Å². The number of nitrogens with one attached hydrogen (secondary N) is 1. The van der Waals surface area contributed by atoms with E-state index in [2.05, 4.69) is 5.32 Å². The molecule has 1 unspecified atom stereocenters. The van der Waals surface area contributed by atoms with Crippen LogP contribution in [0, 0.1) is 6.92 Å². The number of hydrogen-bond acceptors (Lipinski definition) is 5. The van der Waals surface area contributed by atoms with Crippen molar-refractivity contribution in [1.29, 1.82) is 0 Å². The van der Waals surface area contributed by atoms with E-state index in [1.165, 1.54) is 24.1 Å². The molecule has 1 atom stereocenters. The van der Waals surface area contributed by atoms with Gasteiger partial charge in [-0.2, -0.15) is 0 Å². The molecule has 0 aliphatic heterocycles. The molecule has 0 saturated carbocycles. The predicted molar refractivity (Wildman–Crippen MR) is 168 cm³/mol. The van der Waals surface area contributed by atoms with Gasteiger partial charge in [0.15, 0.2) is 0 Å². The zero-order valence-corrected chi connectivity index (χ0v) is 26.6. The number of rotatable bonds is 14. The maximum atomic E-state index is 14.2. The highest BCUT2D eigenvalue weighted by Gasteiger charge is 2.34. The van der Waals surface area contributed by atoms with Gasteiger partial charge in [-0.25, -0.2) is 8.42 Å². The second-order valence-corrected chi connectivity index (χ2v) is 12.5. The molecule has 2 amide bonds. The van der Waals surface area contributed by atoms with Gasteiger partial charge in [-0.05, 0) is 56.2 Å². The van der Waals surface area contributed by atoms with E-state index in [9.17, 15) is 18.0 Å². The largest absolute Gasteiger partial charge is 0.497 e. The van der Waals surface area contributed by atoms with Crippen molar-refractivity contribution in [3.05, 3.63) is 87.9 Å². The summed E-state index contributed by atoms with van der Waals surface area (Å²) in [4.78, 5) is 28.9. The minimum absolute atomic E-state index is 0.0220. The van der Waals surface area contributed by atoms with Crippen LogP contribution in [0.2, 0.25) is 10.0 Å². The Balaban J connectivity index is 2.09. The maximum Gasteiger partial charge on any atom is 0.264 e. The first-order valence-electron chi connectivity index (χ1n) is 13.8. The average Bonchev–Trinajstić information content (AvgIpc) is 2.97. The summed E-state index contributed by atoms with van der Waals surface area (Å²) in [6, 6.07) is 16.9. The van der Waals surface area contributed by atoms with Gasteiger partial charge in [0, 0.05) is 34.8 Å². The van der Waals surface area contributed by atoms with Gasteiger partial charge in [-0.3, -0.25) is 13.9 Å². The fourth-order valence-electron chi connectivity index (χ4n) is 4.41. The average molecular weight is 635 g/mol. The van der Waals surface area contributed by atoms with E-state index in [1.807, 2.05) is 13.8 Å². The molecule has 3 aromatic rings. The molecule has 8 nitrogen and oxygen atoms in total. The van der Waals surface area contributed by atoms with Crippen LogP contribution >= 0.6 is 23.2 Å². The molecule has 0 saturated heterocycles. The van der Waals surface area contributed by atoms with Gasteiger partial charge in [0.05, 0.1) is 17.7 Å². The zero-order chi connectivity index (χ0) is 30.9. The van der Waals surface area contributed by atoms with Crippen LogP contribution in [-0.2, 0) is 26.2 Å². The number of unbranched alkanes of at least 4 members (excludes halogenated alkanes) is 1. The number of anilines is 1. The summed E-state index contributed by atoms with van der Waals surface area (Å²) in [6.45, 7) is 5.45. The van der Waals surface area contributed by atoms with Crippen molar-refractivity contribution in [2.75, 3.05) is 24.5 Å². The smallest absolute Gasteiger partial charge is 0.264 e. The van der Waals surface area contributed by atoms with E-state index >= 15 is 0 Å². The predicted octanol–water partition coefficient (Wildman–Crippen LogP) is 6.23. The molecule has 0 aliphatic rings.